The number of likely N-dealkylation sites (N-methyl/N-ethyl adjacent to an activating group) is 1. The van der Waals surface area contributed by atoms with Crippen molar-refractivity contribution in [1.82, 2.24) is 4.31 Å². The van der Waals surface area contributed by atoms with Crippen molar-refractivity contribution in [1.29, 1.82) is 0 Å². The molecule has 0 atom stereocenters. The van der Waals surface area contributed by atoms with Gasteiger partial charge in [-0.1, -0.05) is 19.9 Å². The number of hydrogen-bond donors (Lipinski definition) is 1. The van der Waals surface area contributed by atoms with Gasteiger partial charge in [0, 0.05) is 13.1 Å². The normalized spacial score (nSPS) is 11.5. The Morgan fingerprint density at radius 3 is 2.23 bits per heavy atom. The van der Waals surface area contributed by atoms with Crippen molar-refractivity contribution in [2.24, 2.45) is 0 Å². The van der Waals surface area contributed by atoms with Gasteiger partial charge in [0.05, 0.1) is 33.6 Å². The molecule has 1 amide bonds. The number of sulfonamides is 1. The molecule has 2 rings (SSSR count). The summed E-state index contributed by atoms with van der Waals surface area (Å²) in [6, 6.07) is 9.95. The summed E-state index contributed by atoms with van der Waals surface area (Å²) in [4.78, 5) is 12.5. The monoisotopic (exact) mass is 436 g/mol. The number of nitrogens with zero attached hydrogens (tertiary/aromatic N) is 1. The molecule has 8 nitrogen and oxygen atoms in total. The Balaban J connectivity index is 2.24. The largest absolute Gasteiger partial charge is 0.497 e. The first kappa shape index (κ1) is 23.5. The average molecular weight is 437 g/mol. The highest BCUT2D eigenvalue weighted by molar-refractivity contribution is 7.89. The number of methoxy groups -OCH3 is 3. The lowest BCUT2D eigenvalue weighted by molar-refractivity contribution is -0.116. The van der Waals surface area contributed by atoms with Crippen molar-refractivity contribution < 1.29 is 27.4 Å². The van der Waals surface area contributed by atoms with E-state index in [-0.39, 0.29) is 23.1 Å². The summed E-state index contributed by atoms with van der Waals surface area (Å²) in [5.74, 6) is 0.828. The molecule has 0 bridgehead atoms. The summed E-state index contributed by atoms with van der Waals surface area (Å²) in [6.45, 7) is 3.56. The zero-order valence-electron chi connectivity index (χ0n) is 18.1. The highest BCUT2D eigenvalue weighted by Gasteiger charge is 2.27. The van der Waals surface area contributed by atoms with Crippen LogP contribution in [-0.2, 0) is 14.8 Å². The molecular formula is C21H28N2O6S. The fraction of sp³-hybridized carbons (Fsp3) is 0.381. The molecule has 2 aromatic carbocycles. The van der Waals surface area contributed by atoms with Crippen LogP contribution in [0, 0.1) is 0 Å². The summed E-state index contributed by atoms with van der Waals surface area (Å²) in [5.41, 5.74) is 1.27. The number of benzene rings is 2. The highest BCUT2D eigenvalue weighted by Crippen LogP contribution is 2.31. The van der Waals surface area contributed by atoms with Crippen molar-refractivity contribution in [3.05, 3.63) is 42.0 Å². The number of anilines is 1. The minimum atomic E-state index is -3.96. The molecule has 2 aromatic rings. The van der Waals surface area contributed by atoms with Crippen LogP contribution in [0.15, 0.2) is 41.3 Å². The van der Waals surface area contributed by atoms with Crippen LogP contribution >= 0.6 is 0 Å². The lowest BCUT2D eigenvalue weighted by Crippen LogP contribution is -2.35. The van der Waals surface area contributed by atoms with Crippen LogP contribution < -0.4 is 19.5 Å². The fourth-order valence-electron chi connectivity index (χ4n) is 2.80. The zero-order valence-corrected chi connectivity index (χ0v) is 18.9. The molecule has 0 aliphatic heterocycles. The van der Waals surface area contributed by atoms with E-state index in [0.29, 0.717) is 17.2 Å². The van der Waals surface area contributed by atoms with Crippen molar-refractivity contribution in [2.75, 3.05) is 40.2 Å². The number of carbonyl (C=O) groups excluding carboxylic acids is 1. The molecule has 0 saturated carbocycles. The van der Waals surface area contributed by atoms with E-state index in [2.05, 4.69) is 5.32 Å². The van der Waals surface area contributed by atoms with Crippen LogP contribution in [0.4, 0.5) is 5.69 Å². The number of rotatable bonds is 9. The maximum Gasteiger partial charge on any atom is 0.246 e. The van der Waals surface area contributed by atoms with Crippen molar-refractivity contribution in [3.63, 3.8) is 0 Å². The quantitative estimate of drug-likeness (QED) is 0.649. The number of hydrogen-bond acceptors (Lipinski definition) is 6. The van der Waals surface area contributed by atoms with Gasteiger partial charge in [-0.3, -0.25) is 4.79 Å². The lowest BCUT2D eigenvalue weighted by Gasteiger charge is -2.20. The van der Waals surface area contributed by atoms with Gasteiger partial charge < -0.3 is 19.5 Å². The van der Waals surface area contributed by atoms with Crippen LogP contribution in [-0.4, -0.2) is 53.6 Å². The van der Waals surface area contributed by atoms with Crippen molar-refractivity contribution >= 4 is 21.6 Å². The second kappa shape index (κ2) is 9.82. The molecular weight excluding hydrogens is 408 g/mol. The van der Waals surface area contributed by atoms with Gasteiger partial charge in [0.1, 0.15) is 22.1 Å². The van der Waals surface area contributed by atoms with E-state index in [4.69, 9.17) is 14.2 Å². The molecule has 0 aliphatic rings. The third-order valence-electron chi connectivity index (χ3n) is 4.59. The van der Waals surface area contributed by atoms with Crippen LogP contribution in [0.3, 0.4) is 0 Å². The Labute approximate surface area is 177 Å². The molecule has 0 radical (unpaired) electrons. The van der Waals surface area contributed by atoms with Crippen LogP contribution in [0.5, 0.6) is 17.2 Å². The molecule has 30 heavy (non-hydrogen) atoms. The van der Waals surface area contributed by atoms with Gasteiger partial charge in [0.25, 0.3) is 0 Å². The number of ether oxygens (including phenoxy) is 3. The Hall–Kier alpha value is -2.78. The molecule has 0 aromatic heterocycles. The molecule has 0 heterocycles. The van der Waals surface area contributed by atoms with Crippen LogP contribution in [0.2, 0.25) is 0 Å². The summed E-state index contributed by atoms with van der Waals surface area (Å²) < 4.78 is 42.8. The summed E-state index contributed by atoms with van der Waals surface area (Å²) >= 11 is 0. The van der Waals surface area contributed by atoms with Gasteiger partial charge in [-0.25, -0.2) is 8.42 Å². The molecule has 0 spiro atoms. The predicted octanol–water partition coefficient (Wildman–Crippen LogP) is 3.10. The maximum atomic E-state index is 13.1. The number of carbonyl (C=O) groups is 1. The topological polar surface area (TPSA) is 94.2 Å². The second-order valence-electron chi connectivity index (χ2n) is 6.94. The van der Waals surface area contributed by atoms with E-state index in [1.54, 1.807) is 30.3 Å². The first-order valence-corrected chi connectivity index (χ1v) is 10.7. The third kappa shape index (κ3) is 5.22. The molecule has 9 heteroatoms. The van der Waals surface area contributed by atoms with Crippen LogP contribution in [0.25, 0.3) is 0 Å². The summed E-state index contributed by atoms with van der Waals surface area (Å²) in [5, 5.41) is 2.67. The molecule has 0 unspecified atom stereocenters. The minimum Gasteiger partial charge on any atom is -0.497 e. The Kier molecular flexibility index (Phi) is 7.69. The van der Waals surface area contributed by atoms with E-state index >= 15 is 0 Å². The van der Waals surface area contributed by atoms with E-state index in [1.807, 2.05) is 19.9 Å². The maximum absolute atomic E-state index is 13.1. The van der Waals surface area contributed by atoms with E-state index in [9.17, 15) is 13.2 Å². The number of nitrogens with one attached hydrogen (secondary N) is 1. The fourth-order valence-corrected chi connectivity index (χ4v) is 4.11. The first-order chi connectivity index (χ1) is 14.1. The standard InChI is InChI=1S/C21H28N2O6S/c1-14(2)15-7-10-18(28-5)20(11-15)30(25,26)23(3)13-21(24)22-17-9-8-16(27-4)12-19(17)29-6/h7-12,14H,13H2,1-6H3,(H,22,24). The van der Waals surface area contributed by atoms with Gasteiger partial charge >= 0.3 is 0 Å². The zero-order chi connectivity index (χ0) is 22.5. The van der Waals surface area contributed by atoms with Gasteiger partial charge in [-0.05, 0) is 35.7 Å². The minimum absolute atomic E-state index is 0.0218. The van der Waals surface area contributed by atoms with Crippen molar-refractivity contribution in [2.45, 2.75) is 24.7 Å². The van der Waals surface area contributed by atoms with Crippen molar-refractivity contribution in [3.8, 4) is 17.2 Å². The highest BCUT2D eigenvalue weighted by atomic mass is 32.2. The molecule has 0 aliphatic carbocycles. The Bertz CT molecular complexity index is 1000. The predicted molar refractivity (Wildman–Crippen MR) is 115 cm³/mol. The molecule has 164 valence electrons. The average Bonchev–Trinajstić information content (AvgIpc) is 2.73. The van der Waals surface area contributed by atoms with Gasteiger partial charge in [-0.15, -0.1) is 0 Å². The second-order valence-corrected chi connectivity index (χ2v) is 8.95. The summed E-state index contributed by atoms with van der Waals surface area (Å²) in [7, 11) is 1.79. The van der Waals surface area contributed by atoms with Gasteiger partial charge in [0.15, 0.2) is 0 Å². The van der Waals surface area contributed by atoms with E-state index < -0.39 is 15.9 Å². The van der Waals surface area contributed by atoms with E-state index in [0.717, 1.165) is 9.87 Å². The SMILES string of the molecule is COc1ccc(NC(=O)CN(C)S(=O)(=O)c2cc(C(C)C)ccc2OC)c(OC)c1. The Morgan fingerprint density at radius 1 is 1.00 bits per heavy atom. The lowest BCUT2D eigenvalue weighted by atomic mass is 10.0. The molecule has 1 N–H and O–H groups in total. The van der Waals surface area contributed by atoms with Gasteiger partial charge in [-0.2, -0.15) is 4.31 Å². The Morgan fingerprint density at radius 2 is 1.67 bits per heavy atom. The number of amides is 1. The first-order valence-electron chi connectivity index (χ1n) is 9.30. The third-order valence-corrected chi connectivity index (χ3v) is 6.42. The summed E-state index contributed by atoms with van der Waals surface area (Å²) in [6.07, 6.45) is 0. The molecule has 0 fully saturated rings. The molecule has 0 saturated heterocycles. The van der Waals surface area contributed by atoms with Crippen LogP contribution in [0.1, 0.15) is 25.3 Å². The smallest absolute Gasteiger partial charge is 0.246 e. The van der Waals surface area contributed by atoms with Gasteiger partial charge in [0.2, 0.25) is 15.9 Å². The van der Waals surface area contributed by atoms with E-state index in [1.165, 1.54) is 28.4 Å².